The summed E-state index contributed by atoms with van der Waals surface area (Å²) in [6, 6.07) is 17.4. The molecule has 2 aromatic carbocycles. The molecule has 5 aliphatic carbocycles. The van der Waals surface area contributed by atoms with Crippen molar-refractivity contribution in [3.05, 3.63) is 161 Å². The second kappa shape index (κ2) is 12.9. The zero-order chi connectivity index (χ0) is 33.7. The first-order chi connectivity index (χ1) is 25.3. The minimum absolute atomic E-state index is 0.0804. The molecule has 254 valence electrons. The highest BCUT2D eigenvalue weighted by Crippen LogP contribution is 2.54. The van der Waals surface area contributed by atoms with E-state index in [1.807, 2.05) is 0 Å². The smallest absolute Gasteiger partial charge is 0.169 e. The molecule has 5 unspecified atom stereocenters. The van der Waals surface area contributed by atoms with E-state index < -0.39 is 0 Å². The minimum Gasteiger partial charge on any atom is -0.359 e. The monoisotopic (exact) mass is 667 g/mol. The van der Waals surface area contributed by atoms with Crippen LogP contribution in [0.4, 0.5) is 11.4 Å². The van der Waals surface area contributed by atoms with E-state index in [4.69, 9.17) is 9.98 Å². The number of benzene rings is 2. The molecule has 5 heteroatoms. The largest absolute Gasteiger partial charge is 0.359 e. The summed E-state index contributed by atoms with van der Waals surface area (Å²) in [5, 5.41) is 7.61. The molecule has 0 fully saturated rings. The average Bonchev–Trinajstić information content (AvgIpc) is 3.56. The maximum Gasteiger partial charge on any atom is 0.169 e. The second-order valence-corrected chi connectivity index (χ2v) is 15.1. The zero-order valence-electron chi connectivity index (χ0n) is 29.1. The molecular formula is C46H45N5. The van der Waals surface area contributed by atoms with E-state index in [1.165, 1.54) is 65.0 Å². The summed E-state index contributed by atoms with van der Waals surface area (Å²) in [4.78, 5) is 13.1. The van der Waals surface area contributed by atoms with E-state index in [1.54, 1.807) is 11.1 Å². The predicted molar refractivity (Wildman–Crippen MR) is 212 cm³/mol. The van der Waals surface area contributed by atoms with Crippen LogP contribution in [0.2, 0.25) is 0 Å². The van der Waals surface area contributed by atoms with Crippen LogP contribution in [0.1, 0.15) is 68.9 Å². The Morgan fingerprint density at radius 2 is 1.51 bits per heavy atom. The first-order valence-corrected chi connectivity index (χ1v) is 19.2. The summed E-state index contributed by atoms with van der Waals surface area (Å²) in [5.74, 6) is 3.08. The van der Waals surface area contributed by atoms with Gasteiger partial charge in [0.15, 0.2) is 6.17 Å². The molecule has 0 saturated heterocycles. The van der Waals surface area contributed by atoms with Crippen LogP contribution in [0.5, 0.6) is 0 Å². The van der Waals surface area contributed by atoms with Crippen molar-refractivity contribution in [2.75, 3.05) is 10.2 Å². The van der Waals surface area contributed by atoms with Crippen molar-refractivity contribution in [3.8, 4) is 0 Å². The Labute approximate surface area is 301 Å². The normalized spacial score (nSPS) is 28.9. The number of hydrogen-bond donors (Lipinski definition) is 2. The number of amidine groups is 2. The maximum atomic E-state index is 5.23. The molecule has 3 heterocycles. The molecule has 8 aliphatic rings. The van der Waals surface area contributed by atoms with Crippen molar-refractivity contribution < 1.29 is 0 Å². The van der Waals surface area contributed by atoms with E-state index in [0.29, 0.717) is 17.8 Å². The van der Waals surface area contributed by atoms with Gasteiger partial charge in [-0.25, -0.2) is 9.98 Å². The van der Waals surface area contributed by atoms with Gasteiger partial charge in [0.1, 0.15) is 17.8 Å². The van der Waals surface area contributed by atoms with Crippen molar-refractivity contribution in [3.63, 3.8) is 0 Å². The lowest BCUT2D eigenvalue weighted by molar-refractivity contribution is 0.467. The lowest BCUT2D eigenvalue weighted by atomic mass is 9.78. The molecule has 0 amide bonds. The van der Waals surface area contributed by atoms with E-state index in [0.717, 1.165) is 49.3 Å². The van der Waals surface area contributed by atoms with E-state index in [2.05, 4.69) is 137 Å². The van der Waals surface area contributed by atoms with Gasteiger partial charge in [-0.15, -0.1) is 0 Å². The zero-order valence-corrected chi connectivity index (χ0v) is 29.1. The van der Waals surface area contributed by atoms with Crippen LogP contribution in [-0.4, -0.2) is 24.0 Å². The lowest BCUT2D eigenvalue weighted by Gasteiger charge is -2.37. The van der Waals surface area contributed by atoms with Crippen LogP contribution < -0.4 is 15.5 Å². The molecular weight excluding hydrogens is 623 g/mol. The van der Waals surface area contributed by atoms with Gasteiger partial charge >= 0.3 is 0 Å². The number of anilines is 2. The SMILES string of the molecule is C1=CCCC(C2=NC(C3=CC(C4C=C(C5Nc6cccc7c6N5C5=CC=CCC5C5=C7CCCC5)C=CC4)CC=C3)N=C(c3ccccc3)N2)=C1. The summed E-state index contributed by atoms with van der Waals surface area (Å²) in [5.41, 5.74) is 13.8. The lowest BCUT2D eigenvalue weighted by Crippen LogP contribution is -2.39. The highest BCUT2D eigenvalue weighted by atomic mass is 15.3. The number of rotatable bonds is 5. The number of aliphatic imine (C=N–C) groups is 2. The van der Waals surface area contributed by atoms with E-state index >= 15 is 0 Å². The molecule has 5 nitrogen and oxygen atoms in total. The second-order valence-electron chi connectivity index (χ2n) is 15.1. The molecule has 0 aromatic heterocycles. The maximum absolute atomic E-state index is 5.23. The fraction of sp³-hybridized carbons (Fsp3) is 0.304. The molecule has 2 N–H and O–H groups in total. The number of allylic oxidation sites excluding steroid dienone is 12. The molecule has 5 atom stereocenters. The van der Waals surface area contributed by atoms with Crippen LogP contribution in [0.3, 0.4) is 0 Å². The van der Waals surface area contributed by atoms with Gasteiger partial charge in [0.2, 0.25) is 0 Å². The summed E-state index contributed by atoms with van der Waals surface area (Å²) in [6.07, 6.45) is 38.2. The van der Waals surface area contributed by atoms with Crippen LogP contribution in [0.25, 0.3) is 5.57 Å². The predicted octanol–water partition coefficient (Wildman–Crippen LogP) is 10.1. The van der Waals surface area contributed by atoms with Crippen molar-refractivity contribution in [1.82, 2.24) is 5.32 Å². The molecule has 0 radical (unpaired) electrons. The van der Waals surface area contributed by atoms with Crippen molar-refractivity contribution in [1.29, 1.82) is 0 Å². The van der Waals surface area contributed by atoms with Gasteiger partial charge in [-0.05, 0) is 104 Å². The fourth-order valence-electron chi connectivity index (χ4n) is 9.54. The van der Waals surface area contributed by atoms with Crippen LogP contribution in [0.15, 0.2) is 159 Å². The fourth-order valence-corrected chi connectivity index (χ4v) is 9.54. The van der Waals surface area contributed by atoms with Gasteiger partial charge in [0, 0.05) is 22.7 Å². The molecule has 2 aromatic rings. The number of hydrogen-bond acceptors (Lipinski definition) is 5. The number of para-hydroxylation sites is 1. The van der Waals surface area contributed by atoms with Crippen molar-refractivity contribution in [2.45, 2.75) is 70.1 Å². The average molecular weight is 668 g/mol. The summed E-state index contributed by atoms with van der Waals surface area (Å²) < 4.78 is 0. The third-order valence-corrected chi connectivity index (χ3v) is 12.0. The standard InChI is InChI=1S/C46H45N5/c1-3-14-30(15-4-1)43-48-44(31-16-5-2-6-17-31)50-45(49-43)34-20-11-18-32(28-34)33-19-12-21-35(29-33)46-47-40-26-13-25-39-37-23-8-7-22-36(37)38-24-9-10-27-41(38)51(46)42(39)40/h1-5,9-16,20-21,25-29,32-33,38,45-47H,6-8,17-19,22-24H2,(H,48,49,50). The Hall–Kier alpha value is -5.16. The van der Waals surface area contributed by atoms with Crippen molar-refractivity contribution >= 4 is 28.6 Å². The highest BCUT2D eigenvalue weighted by Gasteiger charge is 2.42. The quantitative estimate of drug-likeness (QED) is 0.334. The van der Waals surface area contributed by atoms with Gasteiger partial charge in [0.05, 0.1) is 11.4 Å². The number of nitrogens with one attached hydrogen (secondary N) is 2. The van der Waals surface area contributed by atoms with Gasteiger partial charge in [-0.3, -0.25) is 0 Å². The van der Waals surface area contributed by atoms with Crippen LogP contribution >= 0.6 is 0 Å². The summed E-state index contributed by atoms with van der Waals surface area (Å²) in [6.45, 7) is 0. The van der Waals surface area contributed by atoms with Gasteiger partial charge < -0.3 is 15.5 Å². The Morgan fingerprint density at radius 1 is 0.706 bits per heavy atom. The van der Waals surface area contributed by atoms with Crippen LogP contribution in [0, 0.1) is 17.8 Å². The third-order valence-electron chi connectivity index (χ3n) is 12.0. The number of nitrogens with zero attached hydrogens (tertiary/aromatic N) is 3. The third kappa shape index (κ3) is 5.45. The van der Waals surface area contributed by atoms with Gasteiger partial charge in [-0.2, -0.15) is 0 Å². The van der Waals surface area contributed by atoms with Crippen molar-refractivity contribution in [2.24, 2.45) is 27.7 Å². The summed E-state index contributed by atoms with van der Waals surface area (Å²) in [7, 11) is 0. The first-order valence-electron chi connectivity index (χ1n) is 19.2. The Bertz CT molecular complexity index is 2110. The summed E-state index contributed by atoms with van der Waals surface area (Å²) >= 11 is 0. The Balaban J connectivity index is 0.982. The Kier molecular flexibility index (Phi) is 7.73. The Morgan fingerprint density at radius 3 is 2.37 bits per heavy atom. The number of fused-ring (bicyclic) bond motifs is 4. The van der Waals surface area contributed by atoms with E-state index in [9.17, 15) is 0 Å². The topological polar surface area (TPSA) is 52.0 Å². The minimum atomic E-state index is -0.270. The first kappa shape index (κ1) is 30.6. The molecule has 0 spiro atoms. The molecule has 0 bridgehead atoms. The molecule has 3 aliphatic heterocycles. The van der Waals surface area contributed by atoms with E-state index in [-0.39, 0.29) is 12.3 Å². The molecule has 10 rings (SSSR count). The van der Waals surface area contributed by atoms with Gasteiger partial charge in [0.25, 0.3) is 0 Å². The van der Waals surface area contributed by atoms with Gasteiger partial charge in [-0.1, -0.05) is 115 Å². The van der Waals surface area contributed by atoms with Crippen LogP contribution in [-0.2, 0) is 0 Å². The molecule has 0 saturated carbocycles. The highest BCUT2D eigenvalue weighted by molar-refractivity contribution is 6.16. The molecule has 51 heavy (non-hydrogen) atoms.